The summed E-state index contributed by atoms with van der Waals surface area (Å²) in [6.07, 6.45) is 2.11. The van der Waals surface area contributed by atoms with Crippen LogP contribution in [0.1, 0.15) is 18.9 Å². The number of amides is 1. The van der Waals surface area contributed by atoms with Crippen molar-refractivity contribution in [2.24, 2.45) is 0 Å². The Balaban J connectivity index is 2.19. The van der Waals surface area contributed by atoms with Crippen molar-refractivity contribution in [3.8, 4) is 0 Å². The smallest absolute Gasteiger partial charge is 0.228 e. The fraction of sp³-hybridized carbons (Fsp3) is 0.417. The van der Waals surface area contributed by atoms with Gasteiger partial charge in [0.2, 0.25) is 5.91 Å². The topological polar surface area (TPSA) is 50.3 Å². The first-order chi connectivity index (χ1) is 8.47. The van der Waals surface area contributed by atoms with Crippen LogP contribution in [-0.4, -0.2) is 27.8 Å². The molecule has 0 saturated carbocycles. The number of pyridine rings is 1. The highest BCUT2D eigenvalue weighted by Gasteiger charge is 2.32. The Morgan fingerprint density at radius 2 is 2.33 bits per heavy atom. The Bertz CT molecular complexity index is 507. The molecular weight excluding hydrogens is 316 g/mol. The van der Waals surface area contributed by atoms with E-state index in [-0.39, 0.29) is 16.3 Å². The van der Waals surface area contributed by atoms with E-state index in [2.05, 4.69) is 20.9 Å². The molecule has 1 fully saturated rings. The van der Waals surface area contributed by atoms with Gasteiger partial charge in [0, 0.05) is 25.1 Å². The fourth-order valence-electron chi connectivity index (χ4n) is 2.02. The third-order valence-electron chi connectivity index (χ3n) is 2.76. The molecule has 1 atom stereocenters. The lowest BCUT2D eigenvalue weighted by Gasteiger charge is -2.18. The minimum atomic E-state index is 0.0537. The lowest BCUT2D eigenvalue weighted by atomic mass is 10.2. The summed E-state index contributed by atoms with van der Waals surface area (Å²) in [4.78, 5) is 28.9. The van der Waals surface area contributed by atoms with Crippen LogP contribution in [-0.2, 0) is 9.59 Å². The van der Waals surface area contributed by atoms with Gasteiger partial charge in [-0.05, 0) is 34.5 Å². The second kappa shape index (κ2) is 5.40. The van der Waals surface area contributed by atoms with Crippen LogP contribution < -0.4 is 4.90 Å². The molecule has 0 spiro atoms. The molecule has 1 unspecified atom stereocenters. The Kier molecular flexibility index (Phi) is 4.07. The molecule has 0 N–H and O–H groups in total. The molecule has 1 amide bonds. The standard InChI is InChI=1S/C12H13BrN2O2S/c1-7-3-11(13)14-5-10(7)15-6-9(4-12(15)17)18-8(2)16/h3,5,9H,4,6H2,1-2H3. The highest BCUT2D eigenvalue weighted by molar-refractivity contribution is 9.10. The van der Waals surface area contributed by atoms with Gasteiger partial charge in [-0.1, -0.05) is 11.8 Å². The molecule has 1 saturated heterocycles. The maximum Gasteiger partial charge on any atom is 0.228 e. The predicted octanol–water partition coefficient (Wildman–Crippen LogP) is 2.54. The summed E-state index contributed by atoms with van der Waals surface area (Å²) in [7, 11) is 0. The van der Waals surface area contributed by atoms with Crippen LogP contribution in [0.15, 0.2) is 16.9 Å². The quantitative estimate of drug-likeness (QED) is 0.783. The van der Waals surface area contributed by atoms with Crippen LogP contribution in [0.5, 0.6) is 0 Å². The number of rotatable bonds is 2. The molecule has 1 aromatic rings. The van der Waals surface area contributed by atoms with E-state index in [1.54, 1.807) is 11.1 Å². The molecule has 4 nitrogen and oxygen atoms in total. The second-order valence-electron chi connectivity index (χ2n) is 4.23. The summed E-state index contributed by atoms with van der Waals surface area (Å²) in [5.41, 5.74) is 1.83. The molecule has 2 rings (SSSR count). The van der Waals surface area contributed by atoms with Gasteiger partial charge in [0.05, 0.1) is 11.9 Å². The Morgan fingerprint density at radius 1 is 1.61 bits per heavy atom. The SMILES string of the molecule is CC(=O)SC1CC(=O)N(c2cnc(Br)cc2C)C1. The molecule has 0 aliphatic carbocycles. The van der Waals surface area contributed by atoms with Crippen LogP contribution in [0.3, 0.4) is 0 Å². The molecule has 1 aliphatic heterocycles. The second-order valence-corrected chi connectivity index (χ2v) is 6.52. The third kappa shape index (κ3) is 2.92. The average molecular weight is 329 g/mol. The van der Waals surface area contributed by atoms with Crippen molar-refractivity contribution in [1.82, 2.24) is 4.98 Å². The monoisotopic (exact) mass is 328 g/mol. The van der Waals surface area contributed by atoms with E-state index in [0.717, 1.165) is 15.9 Å². The minimum Gasteiger partial charge on any atom is -0.309 e. The van der Waals surface area contributed by atoms with E-state index >= 15 is 0 Å². The number of carbonyl (C=O) groups is 2. The third-order valence-corrected chi connectivity index (χ3v) is 4.18. The number of aryl methyl sites for hydroxylation is 1. The van der Waals surface area contributed by atoms with Gasteiger partial charge in [0.25, 0.3) is 0 Å². The molecule has 0 radical (unpaired) electrons. The largest absolute Gasteiger partial charge is 0.309 e. The minimum absolute atomic E-state index is 0.0537. The van der Waals surface area contributed by atoms with Crippen LogP contribution >= 0.6 is 27.7 Å². The molecule has 18 heavy (non-hydrogen) atoms. The summed E-state index contributed by atoms with van der Waals surface area (Å²) < 4.78 is 0.755. The molecule has 96 valence electrons. The molecule has 1 aliphatic rings. The highest BCUT2D eigenvalue weighted by atomic mass is 79.9. The summed E-state index contributed by atoms with van der Waals surface area (Å²) in [6.45, 7) is 4.05. The number of hydrogen-bond donors (Lipinski definition) is 0. The highest BCUT2D eigenvalue weighted by Crippen LogP contribution is 2.30. The maximum atomic E-state index is 12.0. The Morgan fingerprint density at radius 3 is 2.94 bits per heavy atom. The van der Waals surface area contributed by atoms with Gasteiger partial charge in [-0.2, -0.15) is 0 Å². The van der Waals surface area contributed by atoms with Gasteiger partial charge in [0.15, 0.2) is 5.12 Å². The van der Waals surface area contributed by atoms with Crippen LogP contribution in [0.4, 0.5) is 5.69 Å². The number of carbonyl (C=O) groups excluding carboxylic acids is 2. The zero-order chi connectivity index (χ0) is 13.3. The average Bonchev–Trinajstić information content (AvgIpc) is 2.58. The summed E-state index contributed by atoms with van der Waals surface area (Å²) in [5, 5.41) is 0.110. The van der Waals surface area contributed by atoms with E-state index in [9.17, 15) is 9.59 Å². The molecule has 2 heterocycles. The van der Waals surface area contributed by atoms with Crippen molar-refractivity contribution >= 4 is 44.4 Å². The molecule has 6 heteroatoms. The van der Waals surface area contributed by atoms with Crippen LogP contribution in [0.25, 0.3) is 0 Å². The first-order valence-electron chi connectivity index (χ1n) is 5.57. The van der Waals surface area contributed by atoms with Crippen molar-refractivity contribution in [2.45, 2.75) is 25.5 Å². The van der Waals surface area contributed by atoms with Gasteiger partial charge in [-0.25, -0.2) is 4.98 Å². The Labute approximate surface area is 118 Å². The predicted molar refractivity (Wildman–Crippen MR) is 75.7 cm³/mol. The normalized spacial score (nSPS) is 19.4. The van der Waals surface area contributed by atoms with Crippen LogP contribution in [0.2, 0.25) is 0 Å². The molecular formula is C12H13BrN2O2S. The van der Waals surface area contributed by atoms with Crippen molar-refractivity contribution in [1.29, 1.82) is 0 Å². The number of halogens is 1. The van der Waals surface area contributed by atoms with E-state index in [1.165, 1.54) is 18.7 Å². The summed E-state index contributed by atoms with van der Waals surface area (Å²) in [5.74, 6) is 0.0565. The van der Waals surface area contributed by atoms with Crippen molar-refractivity contribution < 1.29 is 9.59 Å². The molecule has 1 aromatic heterocycles. The molecule has 0 aromatic carbocycles. The van der Waals surface area contributed by atoms with Crippen molar-refractivity contribution in [3.63, 3.8) is 0 Å². The lowest BCUT2D eigenvalue weighted by Crippen LogP contribution is -2.25. The fourth-order valence-corrected chi connectivity index (χ4v) is 3.38. The Hall–Kier alpha value is -0.880. The van der Waals surface area contributed by atoms with Crippen molar-refractivity contribution in [2.75, 3.05) is 11.4 Å². The molecule has 0 bridgehead atoms. The van der Waals surface area contributed by atoms with E-state index in [4.69, 9.17) is 0 Å². The lowest BCUT2D eigenvalue weighted by molar-refractivity contribution is -0.117. The van der Waals surface area contributed by atoms with Gasteiger partial charge < -0.3 is 4.90 Å². The van der Waals surface area contributed by atoms with Crippen molar-refractivity contribution in [3.05, 3.63) is 22.4 Å². The summed E-state index contributed by atoms with van der Waals surface area (Å²) in [6, 6.07) is 1.88. The van der Waals surface area contributed by atoms with E-state index < -0.39 is 0 Å². The number of hydrogen-bond acceptors (Lipinski definition) is 4. The number of anilines is 1. The number of aromatic nitrogens is 1. The van der Waals surface area contributed by atoms with Gasteiger partial charge in [-0.15, -0.1) is 0 Å². The summed E-state index contributed by atoms with van der Waals surface area (Å²) >= 11 is 4.54. The first kappa shape index (κ1) is 13.5. The van der Waals surface area contributed by atoms with E-state index in [1.807, 2.05) is 13.0 Å². The number of thioether (sulfide) groups is 1. The van der Waals surface area contributed by atoms with E-state index in [0.29, 0.717) is 13.0 Å². The van der Waals surface area contributed by atoms with Crippen LogP contribution in [0, 0.1) is 6.92 Å². The van der Waals surface area contributed by atoms with Gasteiger partial charge in [-0.3, -0.25) is 9.59 Å². The first-order valence-corrected chi connectivity index (χ1v) is 7.24. The zero-order valence-electron chi connectivity index (χ0n) is 10.1. The maximum absolute atomic E-state index is 12.0. The van der Waals surface area contributed by atoms with Gasteiger partial charge in [0.1, 0.15) is 4.60 Å². The van der Waals surface area contributed by atoms with Gasteiger partial charge >= 0.3 is 0 Å². The number of nitrogens with zero attached hydrogens (tertiary/aromatic N) is 2. The zero-order valence-corrected chi connectivity index (χ0v) is 12.5.